The van der Waals surface area contributed by atoms with Gasteiger partial charge in [-0.3, -0.25) is 4.90 Å². The van der Waals surface area contributed by atoms with Crippen LogP contribution in [0.1, 0.15) is 36.8 Å². The van der Waals surface area contributed by atoms with Crippen LogP contribution < -0.4 is 4.74 Å². The molecule has 1 saturated carbocycles. The number of ether oxygens (including phenoxy) is 1. The fourth-order valence-electron chi connectivity index (χ4n) is 4.16. The first-order valence-electron chi connectivity index (χ1n) is 11.9. The zero-order valence-corrected chi connectivity index (χ0v) is 19.8. The van der Waals surface area contributed by atoms with Crippen LogP contribution in [-0.4, -0.2) is 39.0 Å². The summed E-state index contributed by atoms with van der Waals surface area (Å²) in [5, 5.41) is 15.5. The molecule has 1 fully saturated rings. The lowest BCUT2D eigenvalue weighted by molar-refractivity contribution is 0.0992. The predicted molar refractivity (Wildman–Crippen MR) is 133 cm³/mol. The van der Waals surface area contributed by atoms with Gasteiger partial charge >= 0.3 is 0 Å². The van der Waals surface area contributed by atoms with Crippen molar-refractivity contribution in [3.8, 4) is 22.9 Å². The molecule has 0 amide bonds. The highest BCUT2D eigenvalue weighted by Crippen LogP contribution is 2.36. The molecule has 0 aliphatic heterocycles. The quantitative estimate of drug-likeness (QED) is 0.362. The topological polar surface area (TPSA) is 50.5 Å². The molecule has 4 rings (SSSR count). The molecule has 1 N–H and O–H groups in total. The molecule has 0 spiro atoms. The van der Waals surface area contributed by atoms with Crippen molar-refractivity contribution in [2.75, 3.05) is 13.1 Å². The maximum atomic E-state index is 10.6. The second-order valence-corrected chi connectivity index (χ2v) is 9.19. The van der Waals surface area contributed by atoms with E-state index in [-0.39, 0.29) is 6.10 Å². The third kappa shape index (κ3) is 6.34. The minimum Gasteiger partial charge on any atom is -0.439 e. The Balaban J connectivity index is 1.66. The summed E-state index contributed by atoms with van der Waals surface area (Å²) < 4.78 is 8.22. The number of nitrogens with zero attached hydrogens (tertiary/aromatic N) is 3. The summed E-state index contributed by atoms with van der Waals surface area (Å²) in [6.07, 6.45) is 5.59. The summed E-state index contributed by atoms with van der Waals surface area (Å²) in [6, 6.07) is 18.4. The lowest BCUT2D eigenvalue weighted by atomic mass is 10.1. The summed E-state index contributed by atoms with van der Waals surface area (Å²) in [5.74, 6) is 2.26. The molecule has 0 unspecified atom stereocenters. The molecule has 1 atom stereocenters. The highest BCUT2D eigenvalue weighted by atomic mass is 16.5. The van der Waals surface area contributed by atoms with E-state index in [0.717, 1.165) is 53.8 Å². The molecule has 1 heterocycles. The SMILES string of the molecule is C=CCC[C@H](O)CN(Cc1c(-c2ccccc2)nn(C)c1Oc1ccc(C)cc1)CC1CC1. The van der Waals surface area contributed by atoms with Crippen molar-refractivity contribution in [1.82, 2.24) is 14.7 Å². The Bertz CT molecular complexity index is 1040. The van der Waals surface area contributed by atoms with Gasteiger partial charge in [0.05, 0.1) is 11.7 Å². The van der Waals surface area contributed by atoms with Gasteiger partial charge < -0.3 is 9.84 Å². The van der Waals surface area contributed by atoms with E-state index in [0.29, 0.717) is 13.1 Å². The van der Waals surface area contributed by atoms with Gasteiger partial charge in [0.1, 0.15) is 11.4 Å². The van der Waals surface area contributed by atoms with Gasteiger partial charge in [-0.1, -0.05) is 54.1 Å². The van der Waals surface area contributed by atoms with Gasteiger partial charge in [-0.05, 0) is 50.7 Å². The Kier molecular flexibility index (Phi) is 7.63. The Morgan fingerprint density at radius 1 is 1.18 bits per heavy atom. The van der Waals surface area contributed by atoms with Crippen LogP contribution in [0.4, 0.5) is 0 Å². The van der Waals surface area contributed by atoms with Crippen LogP contribution in [0.15, 0.2) is 67.3 Å². The van der Waals surface area contributed by atoms with Crippen LogP contribution in [0.5, 0.6) is 11.6 Å². The molecule has 0 bridgehead atoms. The first-order chi connectivity index (χ1) is 16.0. The summed E-state index contributed by atoms with van der Waals surface area (Å²) in [6.45, 7) is 8.16. The molecule has 5 heteroatoms. The van der Waals surface area contributed by atoms with Gasteiger partial charge in [-0.2, -0.15) is 5.10 Å². The van der Waals surface area contributed by atoms with Crippen LogP contribution in [0, 0.1) is 12.8 Å². The van der Waals surface area contributed by atoms with Crippen molar-refractivity contribution in [1.29, 1.82) is 0 Å². The smallest absolute Gasteiger partial charge is 0.222 e. The van der Waals surface area contributed by atoms with E-state index in [1.165, 1.54) is 18.4 Å². The van der Waals surface area contributed by atoms with Gasteiger partial charge in [-0.25, -0.2) is 4.68 Å². The molecular formula is C28H35N3O2. The molecule has 0 radical (unpaired) electrons. The van der Waals surface area contributed by atoms with E-state index in [9.17, 15) is 5.11 Å². The number of hydrogen-bond acceptors (Lipinski definition) is 4. The van der Waals surface area contributed by atoms with Crippen LogP contribution >= 0.6 is 0 Å². The minimum atomic E-state index is -0.375. The van der Waals surface area contributed by atoms with Crippen molar-refractivity contribution < 1.29 is 9.84 Å². The van der Waals surface area contributed by atoms with E-state index >= 15 is 0 Å². The average Bonchev–Trinajstić information content (AvgIpc) is 3.58. The Morgan fingerprint density at radius 3 is 2.58 bits per heavy atom. The van der Waals surface area contributed by atoms with Crippen LogP contribution in [0.2, 0.25) is 0 Å². The fourth-order valence-corrected chi connectivity index (χ4v) is 4.16. The summed E-state index contributed by atoms with van der Waals surface area (Å²) in [7, 11) is 1.93. The molecular weight excluding hydrogens is 410 g/mol. The molecule has 1 aromatic heterocycles. The van der Waals surface area contributed by atoms with Crippen molar-refractivity contribution in [2.45, 2.75) is 45.3 Å². The maximum absolute atomic E-state index is 10.6. The minimum absolute atomic E-state index is 0.375. The standard InChI is InChI=1S/C28H35N3O2/c1-4-5-11-24(32)19-31(18-22-14-15-22)20-26-27(23-9-7-6-8-10-23)29-30(3)28(26)33-25-16-12-21(2)13-17-25/h4,6-10,12-13,16-17,22,24,32H,1,5,11,14-15,18-20H2,2-3H3/t24-/m0/s1. The number of hydrogen-bond donors (Lipinski definition) is 1. The van der Waals surface area contributed by atoms with E-state index < -0.39 is 0 Å². The van der Waals surface area contributed by atoms with E-state index in [4.69, 9.17) is 9.84 Å². The van der Waals surface area contributed by atoms with Gasteiger partial charge in [-0.15, -0.1) is 6.58 Å². The van der Waals surface area contributed by atoms with Crippen molar-refractivity contribution in [3.05, 3.63) is 78.4 Å². The molecule has 5 nitrogen and oxygen atoms in total. The Morgan fingerprint density at radius 2 is 1.91 bits per heavy atom. The lowest BCUT2D eigenvalue weighted by Gasteiger charge is -2.25. The number of aryl methyl sites for hydroxylation is 2. The monoisotopic (exact) mass is 445 g/mol. The molecule has 3 aromatic rings. The van der Waals surface area contributed by atoms with E-state index in [1.807, 2.05) is 48.1 Å². The third-order valence-electron chi connectivity index (χ3n) is 6.14. The first-order valence-corrected chi connectivity index (χ1v) is 11.9. The van der Waals surface area contributed by atoms with Gasteiger partial charge in [0, 0.05) is 32.2 Å². The summed E-state index contributed by atoms with van der Waals surface area (Å²) >= 11 is 0. The molecule has 1 aliphatic carbocycles. The number of benzene rings is 2. The second kappa shape index (κ2) is 10.8. The number of allylic oxidation sites excluding steroid dienone is 1. The number of rotatable bonds is 12. The average molecular weight is 446 g/mol. The fraction of sp³-hybridized carbons (Fsp3) is 0.393. The maximum Gasteiger partial charge on any atom is 0.222 e. The molecule has 1 aliphatic rings. The highest BCUT2D eigenvalue weighted by Gasteiger charge is 2.28. The van der Waals surface area contributed by atoms with Gasteiger partial charge in [0.2, 0.25) is 5.88 Å². The van der Waals surface area contributed by atoms with Gasteiger partial charge in [0.25, 0.3) is 0 Å². The summed E-state index contributed by atoms with van der Waals surface area (Å²) in [5.41, 5.74) is 4.25. The van der Waals surface area contributed by atoms with E-state index in [2.05, 4.69) is 42.7 Å². The van der Waals surface area contributed by atoms with E-state index in [1.54, 1.807) is 0 Å². The summed E-state index contributed by atoms with van der Waals surface area (Å²) in [4.78, 5) is 2.37. The zero-order valence-electron chi connectivity index (χ0n) is 19.8. The van der Waals surface area contributed by atoms with Crippen LogP contribution in [-0.2, 0) is 13.6 Å². The largest absolute Gasteiger partial charge is 0.439 e. The van der Waals surface area contributed by atoms with Crippen molar-refractivity contribution in [2.24, 2.45) is 13.0 Å². The Hall–Kier alpha value is -2.89. The second-order valence-electron chi connectivity index (χ2n) is 9.19. The highest BCUT2D eigenvalue weighted by molar-refractivity contribution is 5.65. The van der Waals surface area contributed by atoms with Gasteiger partial charge in [0.15, 0.2) is 0 Å². The molecule has 2 aromatic carbocycles. The predicted octanol–water partition coefficient (Wildman–Crippen LogP) is 5.73. The van der Waals surface area contributed by atoms with Crippen LogP contribution in [0.25, 0.3) is 11.3 Å². The number of aliphatic hydroxyl groups is 1. The normalized spacial score (nSPS) is 14.4. The molecule has 33 heavy (non-hydrogen) atoms. The Labute approximate surface area is 197 Å². The number of aliphatic hydroxyl groups excluding tert-OH is 1. The lowest BCUT2D eigenvalue weighted by Crippen LogP contribution is -2.33. The van der Waals surface area contributed by atoms with Crippen LogP contribution in [0.3, 0.4) is 0 Å². The first kappa shape index (κ1) is 23.3. The van der Waals surface area contributed by atoms with Crippen molar-refractivity contribution in [3.63, 3.8) is 0 Å². The van der Waals surface area contributed by atoms with Crippen molar-refractivity contribution >= 4 is 0 Å². The molecule has 0 saturated heterocycles. The zero-order chi connectivity index (χ0) is 23.2. The molecule has 174 valence electrons. The number of aromatic nitrogens is 2. The third-order valence-corrected chi connectivity index (χ3v) is 6.14.